The Hall–Kier alpha value is -2.78. The molecule has 0 unspecified atom stereocenters. The zero-order valence-electron chi connectivity index (χ0n) is 17.7. The number of ether oxygens (including phenoxy) is 1. The molecule has 2 aromatic rings. The molecule has 0 saturated carbocycles. The number of aliphatic carboxylic acids is 1. The number of benzene rings is 1. The van der Waals surface area contributed by atoms with Crippen molar-refractivity contribution in [3.8, 4) is 17.2 Å². The lowest BCUT2D eigenvalue weighted by molar-refractivity contribution is -0.141. The van der Waals surface area contributed by atoms with Gasteiger partial charge in [-0.05, 0) is 37.0 Å². The predicted octanol–water partition coefficient (Wildman–Crippen LogP) is 5.57. The highest BCUT2D eigenvalue weighted by atomic mass is 35.5. The van der Waals surface area contributed by atoms with Gasteiger partial charge in [0.25, 0.3) is 0 Å². The number of pyridine rings is 1. The molecule has 0 aliphatic heterocycles. The Kier molecular flexibility index (Phi) is 10.7. The SMILES string of the molecule is C.CC(=O)N[C@H](CCCNc1nc(F)c(Cl)c(Oc2ccc(O)c(C(C)C)c2)c1Cl)C(=O)O. The first-order valence-corrected chi connectivity index (χ1v) is 10.6. The van der Waals surface area contributed by atoms with Crippen molar-refractivity contribution >= 4 is 40.9 Å². The number of halogens is 3. The molecule has 8 nitrogen and oxygen atoms in total. The van der Waals surface area contributed by atoms with Gasteiger partial charge >= 0.3 is 5.97 Å². The minimum Gasteiger partial charge on any atom is -0.508 e. The second-order valence-corrected chi connectivity index (χ2v) is 8.10. The molecule has 1 aromatic heterocycles. The number of carboxylic acid groups (broad SMARTS) is 1. The monoisotopic (exact) mass is 503 g/mol. The number of carbonyl (C=O) groups excluding carboxylic acids is 1. The highest BCUT2D eigenvalue weighted by Gasteiger charge is 2.21. The number of aromatic hydroxyl groups is 1. The van der Waals surface area contributed by atoms with E-state index in [1.165, 1.54) is 19.1 Å². The van der Waals surface area contributed by atoms with Crippen molar-refractivity contribution < 1.29 is 28.9 Å². The summed E-state index contributed by atoms with van der Waals surface area (Å²) in [6.07, 6.45) is 0.468. The van der Waals surface area contributed by atoms with E-state index in [1.807, 2.05) is 13.8 Å². The summed E-state index contributed by atoms with van der Waals surface area (Å²) in [5.41, 5.74) is 0.634. The largest absolute Gasteiger partial charge is 0.508 e. The van der Waals surface area contributed by atoms with Crippen molar-refractivity contribution in [2.75, 3.05) is 11.9 Å². The van der Waals surface area contributed by atoms with Crippen LogP contribution in [0.5, 0.6) is 17.2 Å². The van der Waals surface area contributed by atoms with E-state index in [0.717, 1.165) is 0 Å². The predicted molar refractivity (Wildman–Crippen MR) is 126 cm³/mol. The van der Waals surface area contributed by atoms with Crippen LogP contribution in [0.3, 0.4) is 0 Å². The van der Waals surface area contributed by atoms with Crippen LogP contribution in [-0.2, 0) is 9.59 Å². The fraction of sp³-hybridized carbons (Fsp3) is 0.409. The number of amides is 1. The normalized spacial score (nSPS) is 11.5. The van der Waals surface area contributed by atoms with Gasteiger partial charge in [-0.2, -0.15) is 9.37 Å². The van der Waals surface area contributed by atoms with E-state index in [9.17, 15) is 19.1 Å². The van der Waals surface area contributed by atoms with Crippen LogP contribution in [0, 0.1) is 5.95 Å². The Morgan fingerprint density at radius 1 is 1.24 bits per heavy atom. The summed E-state index contributed by atoms with van der Waals surface area (Å²) < 4.78 is 20.0. The molecule has 0 aliphatic carbocycles. The van der Waals surface area contributed by atoms with Gasteiger partial charge in [0.2, 0.25) is 11.9 Å². The van der Waals surface area contributed by atoms with Crippen LogP contribution in [0.15, 0.2) is 18.2 Å². The average molecular weight is 504 g/mol. The fourth-order valence-corrected chi connectivity index (χ4v) is 3.36. The molecule has 0 spiro atoms. The summed E-state index contributed by atoms with van der Waals surface area (Å²) in [6, 6.07) is 3.51. The first-order chi connectivity index (χ1) is 15.0. The number of phenolic OH excluding ortho intramolecular Hbond substituents is 1. The maximum Gasteiger partial charge on any atom is 0.326 e. The van der Waals surface area contributed by atoms with Crippen LogP contribution >= 0.6 is 23.2 Å². The minimum absolute atomic E-state index is 0. The topological polar surface area (TPSA) is 121 Å². The molecule has 1 aromatic carbocycles. The van der Waals surface area contributed by atoms with Crippen LogP contribution in [0.4, 0.5) is 10.2 Å². The number of nitrogens with zero attached hydrogens (tertiary/aromatic N) is 1. The molecule has 0 radical (unpaired) electrons. The van der Waals surface area contributed by atoms with Crippen molar-refractivity contribution in [1.82, 2.24) is 10.3 Å². The Labute approximate surface area is 202 Å². The molecule has 0 bridgehead atoms. The Bertz CT molecular complexity index is 1000. The van der Waals surface area contributed by atoms with Crippen molar-refractivity contribution in [3.63, 3.8) is 0 Å². The van der Waals surface area contributed by atoms with Gasteiger partial charge in [0.15, 0.2) is 11.6 Å². The molecule has 0 fully saturated rings. The van der Waals surface area contributed by atoms with E-state index in [4.69, 9.17) is 33.0 Å². The second kappa shape index (κ2) is 12.5. The molecule has 182 valence electrons. The van der Waals surface area contributed by atoms with Gasteiger partial charge in [0.1, 0.15) is 27.6 Å². The molecule has 2 rings (SSSR count). The lowest BCUT2D eigenvalue weighted by Crippen LogP contribution is -2.39. The number of hydrogen-bond donors (Lipinski definition) is 4. The number of aromatic nitrogens is 1. The van der Waals surface area contributed by atoms with Gasteiger partial charge in [-0.15, -0.1) is 0 Å². The molecule has 33 heavy (non-hydrogen) atoms. The second-order valence-electron chi connectivity index (χ2n) is 7.35. The third-order valence-electron chi connectivity index (χ3n) is 4.48. The molecule has 1 heterocycles. The zero-order chi connectivity index (χ0) is 24.0. The molecular weight excluding hydrogens is 476 g/mol. The third-order valence-corrected chi connectivity index (χ3v) is 5.15. The first kappa shape index (κ1) is 28.3. The first-order valence-electron chi connectivity index (χ1n) is 9.80. The van der Waals surface area contributed by atoms with Crippen LogP contribution in [0.2, 0.25) is 10.0 Å². The van der Waals surface area contributed by atoms with Crippen molar-refractivity contribution in [1.29, 1.82) is 0 Å². The molecule has 1 amide bonds. The summed E-state index contributed by atoms with van der Waals surface area (Å²) in [7, 11) is 0. The summed E-state index contributed by atoms with van der Waals surface area (Å²) in [5, 5.41) is 23.8. The van der Waals surface area contributed by atoms with Gasteiger partial charge in [0.05, 0.1) is 0 Å². The van der Waals surface area contributed by atoms with E-state index in [-0.39, 0.29) is 48.6 Å². The van der Waals surface area contributed by atoms with Crippen LogP contribution in [0.25, 0.3) is 0 Å². The molecule has 11 heteroatoms. The maximum absolute atomic E-state index is 14.3. The molecule has 0 aliphatic rings. The van der Waals surface area contributed by atoms with Gasteiger partial charge in [0, 0.05) is 19.0 Å². The summed E-state index contributed by atoms with van der Waals surface area (Å²) >= 11 is 12.3. The number of hydrogen-bond acceptors (Lipinski definition) is 6. The molecule has 0 saturated heterocycles. The van der Waals surface area contributed by atoms with E-state index in [2.05, 4.69) is 15.6 Å². The van der Waals surface area contributed by atoms with E-state index in [1.54, 1.807) is 6.07 Å². The number of nitrogens with one attached hydrogen (secondary N) is 2. The lowest BCUT2D eigenvalue weighted by atomic mass is 10.0. The molecular formula is C22H28Cl2FN3O5. The molecule has 4 N–H and O–H groups in total. The van der Waals surface area contributed by atoms with E-state index < -0.39 is 28.9 Å². The number of carbonyl (C=O) groups is 2. The van der Waals surface area contributed by atoms with Gasteiger partial charge in [-0.1, -0.05) is 44.5 Å². The highest BCUT2D eigenvalue weighted by Crippen LogP contribution is 2.42. The summed E-state index contributed by atoms with van der Waals surface area (Å²) in [5.74, 6) is -2.37. The third kappa shape index (κ3) is 7.64. The average Bonchev–Trinajstić information content (AvgIpc) is 2.71. The number of phenols is 1. The lowest BCUT2D eigenvalue weighted by Gasteiger charge is -2.16. The van der Waals surface area contributed by atoms with Crippen molar-refractivity contribution in [3.05, 3.63) is 39.8 Å². The zero-order valence-corrected chi connectivity index (χ0v) is 19.2. The summed E-state index contributed by atoms with van der Waals surface area (Å²) in [6.45, 7) is 5.23. The maximum atomic E-state index is 14.3. The highest BCUT2D eigenvalue weighted by molar-refractivity contribution is 6.38. The van der Waals surface area contributed by atoms with Crippen LogP contribution in [0.1, 0.15) is 52.5 Å². The van der Waals surface area contributed by atoms with Gasteiger partial charge in [-0.25, -0.2) is 4.79 Å². The smallest absolute Gasteiger partial charge is 0.326 e. The fourth-order valence-electron chi connectivity index (χ4n) is 2.89. The Morgan fingerprint density at radius 2 is 1.91 bits per heavy atom. The van der Waals surface area contributed by atoms with E-state index >= 15 is 0 Å². The standard InChI is InChI=1S/C21H24Cl2FN3O5.CH4/c1-10(2)13-9-12(6-7-15(13)29)32-18-16(22)19(24)27-20(17(18)23)25-8-4-5-14(21(30)31)26-11(3)28;/h6-7,9-10,14,29H,4-5,8H2,1-3H3,(H,25,27)(H,26,28)(H,30,31);1H4/t14-;/m1./s1. The number of carboxylic acids is 1. The summed E-state index contributed by atoms with van der Waals surface area (Å²) in [4.78, 5) is 26.0. The Balaban J connectivity index is 0.00000544. The van der Waals surface area contributed by atoms with E-state index in [0.29, 0.717) is 17.7 Å². The molecule has 1 atom stereocenters. The number of rotatable bonds is 10. The minimum atomic E-state index is -1.15. The van der Waals surface area contributed by atoms with Gasteiger partial charge in [-0.3, -0.25) is 4.79 Å². The number of anilines is 1. The van der Waals surface area contributed by atoms with Crippen molar-refractivity contribution in [2.24, 2.45) is 0 Å². The van der Waals surface area contributed by atoms with Crippen LogP contribution < -0.4 is 15.4 Å². The van der Waals surface area contributed by atoms with Gasteiger partial charge < -0.3 is 25.6 Å². The quantitative estimate of drug-likeness (QED) is 0.247. The van der Waals surface area contributed by atoms with Crippen molar-refractivity contribution in [2.45, 2.75) is 53.0 Å². The van der Waals surface area contributed by atoms with Crippen LogP contribution in [-0.4, -0.2) is 39.7 Å². The Morgan fingerprint density at radius 3 is 2.48 bits per heavy atom.